The van der Waals surface area contributed by atoms with E-state index in [1.54, 1.807) is 55.5 Å². The van der Waals surface area contributed by atoms with Crippen LogP contribution in [0.3, 0.4) is 0 Å². The fraction of sp³-hybridized carbons (Fsp3) is 0.167. The van der Waals surface area contributed by atoms with Crippen molar-refractivity contribution in [2.75, 3.05) is 0 Å². The van der Waals surface area contributed by atoms with Crippen molar-refractivity contribution in [3.63, 3.8) is 0 Å². The van der Waals surface area contributed by atoms with Gasteiger partial charge in [0.1, 0.15) is 0 Å². The van der Waals surface area contributed by atoms with E-state index in [0.717, 1.165) is 5.56 Å². The number of carbonyl (C=O) groups is 1. The van der Waals surface area contributed by atoms with E-state index in [2.05, 4.69) is 0 Å². The molecular formula is C18H16N2O2. The molecule has 110 valence electrons. The summed E-state index contributed by atoms with van der Waals surface area (Å²) >= 11 is 0. The van der Waals surface area contributed by atoms with Gasteiger partial charge in [-0.25, -0.2) is 0 Å². The van der Waals surface area contributed by atoms with Gasteiger partial charge in [-0.1, -0.05) is 24.3 Å². The SMILES string of the molecule is CC(=O)c1ccc(C#N)cc1.CC(O)c1ccc(C#N)cc1. The van der Waals surface area contributed by atoms with Crippen LogP contribution in [0.1, 0.15) is 47.0 Å². The largest absolute Gasteiger partial charge is 0.389 e. The van der Waals surface area contributed by atoms with Crippen molar-refractivity contribution >= 4 is 5.78 Å². The van der Waals surface area contributed by atoms with Crippen molar-refractivity contribution in [1.29, 1.82) is 10.5 Å². The third-order valence-electron chi connectivity index (χ3n) is 2.94. The van der Waals surface area contributed by atoms with Crippen molar-refractivity contribution in [2.45, 2.75) is 20.0 Å². The van der Waals surface area contributed by atoms with Gasteiger partial charge in [0.2, 0.25) is 0 Å². The highest BCUT2D eigenvalue weighted by Crippen LogP contribution is 2.11. The van der Waals surface area contributed by atoms with Gasteiger partial charge in [-0.2, -0.15) is 10.5 Å². The van der Waals surface area contributed by atoms with Crippen molar-refractivity contribution < 1.29 is 9.90 Å². The molecule has 0 fully saturated rings. The van der Waals surface area contributed by atoms with Crippen LogP contribution >= 0.6 is 0 Å². The van der Waals surface area contributed by atoms with E-state index in [1.807, 2.05) is 12.1 Å². The molecule has 4 heteroatoms. The van der Waals surface area contributed by atoms with E-state index in [9.17, 15) is 4.79 Å². The Morgan fingerprint density at radius 1 is 0.955 bits per heavy atom. The van der Waals surface area contributed by atoms with Gasteiger partial charge >= 0.3 is 0 Å². The summed E-state index contributed by atoms with van der Waals surface area (Å²) in [7, 11) is 0. The first-order valence-electron chi connectivity index (χ1n) is 6.67. The Kier molecular flexibility index (Phi) is 6.50. The van der Waals surface area contributed by atoms with E-state index in [-0.39, 0.29) is 5.78 Å². The lowest BCUT2D eigenvalue weighted by molar-refractivity contribution is 0.101. The van der Waals surface area contributed by atoms with Gasteiger partial charge in [0.25, 0.3) is 0 Å². The molecule has 4 nitrogen and oxygen atoms in total. The van der Waals surface area contributed by atoms with Crippen LogP contribution in [0.5, 0.6) is 0 Å². The molecule has 0 bridgehead atoms. The summed E-state index contributed by atoms with van der Waals surface area (Å²) in [5.74, 6) is 0.0227. The molecule has 2 rings (SSSR count). The number of carbonyl (C=O) groups excluding carboxylic acids is 1. The normalized spacial score (nSPS) is 10.4. The van der Waals surface area contributed by atoms with Gasteiger partial charge in [-0.05, 0) is 43.7 Å². The van der Waals surface area contributed by atoms with Gasteiger partial charge in [0.05, 0.1) is 29.4 Å². The lowest BCUT2D eigenvalue weighted by Crippen LogP contribution is -1.90. The minimum absolute atomic E-state index is 0.0227. The fourth-order valence-electron chi connectivity index (χ4n) is 1.62. The van der Waals surface area contributed by atoms with Crippen molar-refractivity contribution in [3.05, 3.63) is 70.8 Å². The van der Waals surface area contributed by atoms with E-state index < -0.39 is 6.10 Å². The summed E-state index contributed by atoms with van der Waals surface area (Å²) in [5, 5.41) is 26.0. The average molecular weight is 292 g/mol. The number of nitriles is 2. The molecule has 0 amide bonds. The molecule has 0 aliphatic carbocycles. The van der Waals surface area contributed by atoms with E-state index in [1.165, 1.54) is 6.92 Å². The smallest absolute Gasteiger partial charge is 0.159 e. The molecule has 1 N–H and O–H groups in total. The molecule has 0 saturated heterocycles. The van der Waals surface area contributed by atoms with Crippen LogP contribution in [0.4, 0.5) is 0 Å². The molecule has 1 atom stereocenters. The summed E-state index contributed by atoms with van der Waals surface area (Å²) in [4.78, 5) is 10.8. The number of ketones is 1. The summed E-state index contributed by atoms with van der Waals surface area (Å²) < 4.78 is 0. The fourth-order valence-corrected chi connectivity index (χ4v) is 1.62. The topological polar surface area (TPSA) is 84.9 Å². The molecule has 2 aromatic rings. The minimum Gasteiger partial charge on any atom is -0.389 e. The maximum absolute atomic E-state index is 10.8. The number of aliphatic hydroxyl groups is 1. The van der Waals surface area contributed by atoms with E-state index in [4.69, 9.17) is 15.6 Å². The predicted molar refractivity (Wildman–Crippen MR) is 83.0 cm³/mol. The van der Waals surface area contributed by atoms with Crippen LogP contribution in [-0.4, -0.2) is 10.9 Å². The molecule has 2 aromatic carbocycles. The Balaban J connectivity index is 0.000000220. The number of hydrogen-bond donors (Lipinski definition) is 1. The highest BCUT2D eigenvalue weighted by molar-refractivity contribution is 5.94. The molecule has 0 saturated carbocycles. The lowest BCUT2D eigenvalue weighted by atomic mass is 10.1. The molecule has 0 radical (unpaired) electrons. The first kappa shape index (κ1) is 17.1. The van der Waals surface area contributed by atoms with Crippen LogP contribution in [-0.2, 0) is 0 Å². The van der Waals surface area contributed by atoms with Gasteiger partial charge in [-0.15, -0.1) is 0 Å². The van der Waals surface area contributed by atoms with Gasteiger partial charge in [0, 0.05) is 5.56 Å². The lowest BCUT2D eigenvalue weighted by Gasteiger charge is -2.02. The molecule has 0 aliphatic rings. The van der Waals surface area contributed by atoms with Gasteiger partial charge in [0.15, 0.2) is 5.78 Å². The molecular weight excluding hydrogens is 276 g/mol. The zero-order chi connectivity index (χ0) is 16.5. The molecule has 0 heterocycles. The second kappa shape index (κ2) is 8.36. The Bertz CT molecular complexity index is 703. The van der Waals surface area contributed by atoms with Gasteiger partial charge < -0.3 is 5.11 Å². The maximum atomic E-state index is 10.8. The number of aliphatic hydroxyl groups excluding tert-OH is 1. The predicted octanol–water partition coefficient (Wildman–Crippen LogP) is 3.37. The Morgan fingerprint density at radius 2 is 1.36 bits per heavy atom. The third kappa shape index (κ3) is 5.20. The number of Topliss-reactive ketones (excluding diaryl/α,β-unsaturated/α-hetero) is 1. The summed E-state index contributed by atoms with van der Waals surface area (Å²) in [6.45, 7) is 3.20. The first-order chi connectivity index (χ1) is 10.5. The molecule has 22 heavy (non-hydrogen) atoms. The molecule has 0 aliphatic heterocycles. The van der Waals surface area contributed by atoms with Crippen molar-refractivity contribution in [1.82, 2.24) is 0 Å². The highest BCUT2D eigenvalue weighted by atomic mass is 16.3. The van der Waals surface area contributed by atoms with Crippen LogP contribution in [0.2, 0.25) is 0 Å². The Labute approximate surface area is 129 Å². The zero-order valence-corrected chi connectivity index (χ0v) is 12.4. The van der Waals surface area contributed by atoms with E-state index >= 15 is 0 Å². The molecule has 1 unspecified atom stereocenters. The average Bonchev–Trinajstić information content (AvgIpc) is 2.55. The summed E-state index contributed by atoms with van der Waals surface area (Å²) in [6, 6.07) is 17.5. The third-order valence-corrected chi connectivity index (χ3v) is 2.94. The summed E-state index contributed by atoms with van der Waals surface area (Å²) in [6.07, 6.45) is -0.456. The van der Waals surface area contributed by atoms with Crippen molar-refractivity contribution in [2.24, 2.45) is 0 Å². The second-order valence-electron chi connectivity index (χ2n) is 4.66. The van der Waals surface area contributed by atoms with Gasteiger partial charge in [-0.3, -0.25) is 4.79 Å². The van der Waals surface area contributed by atoms with Crippen LogP contribution < -0.4 is 0 Å². The number of nitrogens with zero attached hydrogens (tertiary/aromatic N) is 2. The summed E-state index contributed by atoms with van der Waals surface area (Å²) in [5.41, 5.74) is 2.68. The van der Waals surface area contributed by atoms with Crippen LogP contribution in [0.15, 0.2) is 48.5 Å². The molecule has 0 aromatic heterocycles. The standard InChI is InChI=1S/C9H9NO.C9H7NO/c2*1-7(11)9-4-2-8(6-10)3-5-9/h2-5,7,11H,1H3;2-5H,1H3. The zero-order valence-electron chi connectivity index (χ0n) is 12.4. The number of rotatable bonds is 2. The van der Waals surface area contributed by atoms with Crippen LogP contribution in [0, 0.1) is 22.7 Å². The molecule has 0 spiro atoms. The second-order valence-corrected chi connectivity index (χ2v) is 4.66. The Morgan fingerprint density at radius 3 is 1.68 bits per heavy atom. The highest BCUT2D eigenvalue weighted by Gasteiger charge is 1.98. The number of benzene rings is 2. The minimum atomic E-state index is -0.456. The van der Waals surface area contributed by atoms with Crippen LogP contribution in [0.25, 0.3) is 0 Å². The quantitative estimate of drug-likeness (QED) is 0.860. The number of hydrogen-bond acceptors (Lipinski definition) is 4. The first-order valence-corrected chi connectivity index (χ1v) is 6.67. The van der Waals surface area contributed by atoms with Crippen molar-refractivity contribution in [3.8, 4) is 12.1 Å². The monoisotopic (exact) mass is 292 g/mol. The Hall–Kier alpha value is -2.95. The van der Waals surface area contributed by atoms with E-state index in [0.29, 0.717) is 16.7 Å². The maximum Gasteiger partial charge on any atom is 0.159 e.